The molecule has 4 nitrogen and oxygen atoms in total. The number of carbonyl (C=O) groups is 1. The van der Waals surface area contributed by atoms with Crippen molar-refractivity contribution in [2.75, 3.05) is 4.90 Å². The van der Waals surface area contributed by atoms with Crippen LogP contribution < -0.4 is 4.90 Å². The van der Waals surface area contributed by atoms with Crippen LogP contribution >= 0.6 is 0 Å². The first-order valence-electron chi connectivity index (χ1n) is 8.52. The largest absolute Gasteiger partial charge is 0.303 e. The van der Waals surface area contributed by atoms with Crippen LogP contribution in [0.25, 0.3) is 10.9 Å². The van der Waals surface area contributed by atoms with Gasteiger partial charge in [-0.3, -0.25) is 14.8 Å². The monoisotopic (exact) mass is 335 g/mol. The molecular weight excluding hydrogens is 317 g/mol. The van der Waals surface area contributed by atoms with E-state index in [2.05, 4.69) is 9.97 Å². The highest BCUT2D eigenvalue weighted by molar-refractivity contribution is 6.10. The molecule has 126 valence electrons. The summed E-state index contributed by atoms with van der Waals surface area (Å²) in [6.07, 6.45) is 8.33. The number of pyridine rings is 2. The van der Waals surface area contributed by atoms with Gasteiger partial charge in [-0.1, -0.05) is 31.0 Å². The Morgan fingerprint density at radius 3 is 2.72 bits per heavy atom. The summed E-state index contributed by atoms with van der Waals surface area (Å²) in [5.41, 5.74) is 1.83. The van der Waals surface area contributed by atoms with Gasteiger partial charge in [0.05, 0.1) is 23.0 Å². The van der Waals surface area contributed by atoms with E-state index in [0.717, 1.165) is 48.5 Å². The number of benzene rings is 1. The van der Waals surface area contributed by atoms with Crippen molar-refractivity contribution in [1.82, 2.24) is 9.97 Å². The van der Waals surface area contributed by atoms with Crippen LogP contribution in [0, 0.1) is 5.82 Å². The normalized spacial score (nSPS) is 14.8. The molecule has 0 radical (unpaired) electrons. The van der Waals surface area contributed by atoms with E-state index in [1.54, 1.807) is 11.1 Å². The predicted octanol–water partition coefficient (Wildman–Crippen LogP) is 4.36. The molecular formula is C20H18FN3O. The average Bonchev–Trinajstić information content (AvgIpc) is 3.16. The molecule has 0 N–H and O–H groups in total. The Labute approximate surface area is 145 Å². The zero-order chi connectivity index (χ0) is 17.2. The molecule has 0 bridgehead atoms. The number of anilines is 1. The Morgan fingerprint density at radius 2 is 1.92 bits per heavy atom. The summed E-state index contributed by atoms with van der Waals surface area (Å²) in [4.78, 5) is 23.3. The predicted molar refractivity (Wildman–Crippen MR) is 95.0 cm³/mol. The van der Waals surface area contributed by atoms with E-state index in [1.807, 2.05) is 30.3 Å². The molecule has 0 atom stereocenters. The summed E-state index contributed by atoms with van der Waals surface area (Å²) >= 11 is 0. The second kappa shape index (κ2) is 6.59. The summed E-state index contributed by atoms with van der Waals surface area (Å²) < 4.78 is 13.6. The minimum atomic E-state index is -0.506. The van der Waals surface area contributed by atoms with Gasteiger partial charge < -0.3 is 4.90 Å². The lowest BCUT2D eigenvalue weighted by Crippen LogP contribution is -2.39. The number of amides is 1. The minimum Gasteiger partial charge on any atom is -0.303 e. The molecule has 0 aliphatic heterocycles. The van der Waals surface area contributed by atoms with Gasteiger partial charge in [-0.2, -0.15) is 0 Å². The molecule has 2 aromatic heterocycles. The van der Waals surface area contributed by atoms with E-state index >= 15 is 0 Å². The van der Waals surface area contributed by atoms with Crippen LogP contribution in [0.3, 0.4) is 0 Å². The number of nitrogens with zero attached hydrogens (tertiary/aromatic N) is 3. The lowest BCUT2D eigenvalue weighted by molar-refractivity contribution is 0.0976. The third-order valence-corrected chi connectivity index (χ3v) is 4.73. The molecule has 0 spiro atoms. The molecule has 1 saturated carbocycles. The van der Waals surface area contributed by atoms with Gasteiger partial charge in [0, 0.05) is 23.8 Å². The Hall–Kier alpha value is -2.82. The van der Waals surface area contributed by atoms with Crippen LogP contribution in [-0.2, 0) is 0 Å². The zero-order valence-electron chi connectivity index (χ0n) is 13.7. The topological polar surface area (TPSA) is 46.1 Å². The lowest BCUT2D eigenvalue weighted by atomic mass is 10.1. The summed E-state index contributed by atoms with van der Waals surface area (Å²) in [7, 11) is 0. The number of halogens is 1. The summed E-state index contributed by atoms with van der Waals surface area (Å²) in [6, 6.07) is 11.0. The van der Waals surface area contributed by atoms with Gasteiger partial charge in [0.2, 0.25) is 0 Å². The van der Waals surface area contributed by atoms with Crippen LogP contribution in [0.2, 0.25) is 0 Å². The molecule has 1 fully saturated rings. The molecule has 1 aromatic carbocycles. The molecule has 0 unspecified atom stereocenters. The summed E-state index contributed by atoms with van der Waals surface area (Å²) in [6.45, 7) is 0. The van der Waals surface area contributed by atoms with Crippen molar-refractivity contribution >= 4 is 22.5 Å². The van der Waals surface area contributed by atoms with E-state index < -0.39 is 5.82 Å². The number of fused-ring (bicyclic) bond motifs is 1. The summed E-state index contributed by atoms with van der Waals surface area (Å²) in [5, 5.41) is 0.980. The zero-order valence-corrected chi connectivity index (χ0v) is 13.7. The molecule has 25 heavy (non-hydrogen) atoms. The van der Waals surface area contributed by atoms with Gasteiger partial charge >= 0.3 is 0 Å². The number of carbonyl (C=O) groups excluding carboxylic acids is 1. The fourth-order valence-electron chi connectivity index (χ4n) is 3.58. The van der Waals surface area contributed by atoms with Gasteiger partial charge in [0.25, 0.3) is 5.91 Å². The third-order valence-electron chi connectivity index (χ3n) is 4.73. The highest BCUT2D eigenvalue weighted by atomic mass is 19.1. The summed E-state index contributed by atoms with van der Waals surface area (Å²) in [5.74, 6) is -0.731. The molecule has 4 rings (SSSR count). The quantitative estimate of drug-likeness (QED) is 0.714. The van der Waals surface area contributed by atoms with Crippen molar-refractivity contribution in [3.63, 3.8) is 0 Å². The third kappa shape index (κ3) is 2.97. The first-order chi connectivity index (χ1) is 12.2. The van der Waals surface area contributed by atoms with Crippen LogP contribution in [0.5, 0.6) is 0 Å². The molecule has 5 heteroatoms. The number of hydrogen-bond acceptors (Lipinski definition) is 3. The number of hydrogen-bond donors (Lipinski definition) is 0. The second-order valence-electron chi connectivity index (χ2n) is 6.36. The SMILES string of the molecule is O=C(c1cncc(F)c1)N(c1cccc2cccnc12)C1CCCC1. The first kappa shape index (κ1) is 15.7. The van der Waals surface area contributed by atoms with Crippen molar-refractivity contribution in [3.05, 3.63) is 66.4 Å². The minimum absolute atomic E-state index is 0.100. The number of aromatic nitrogens is 2. The van der Waals surface area contributed by atoms with Gasteiger partial charge in [-0.25, -0.2) is 4.39 Å². The molecule has 1 amide bonds. The van der Waals surface area contributed by atoms with Gasteiger partial charge in [0.15, 0.2) is 0 Å². The van der Waals surface area contributed by atoms with Crippen molar-refractivity contribution in [1.29, 1.82) is 0 Å². The number of rotatable bonds is 3. The molecule has 1 aliphatic rings. The Morgan fingerprint density at radius 1 is 1.12 bits per heavy atom. The van der Waals surface area contributed by atoms with Crippen LogP contribution in [-0.4, -0.2) is 21.9 Å². The average molecular weight is 335 g/mol. The van der Waals surface area contributed by atoms with Crippen molar-refractivity contribution in [2.45, 2.75) is 31.7 Å². The van der Waals surface area contributed by atoms with Gasteiger partial charge in [-0.15, -0.1) is 0 Å². The smallest absolute Gasteiger partial charge is 0.260 e. The maximum atomic E-state index is 13.6. The Kier molecular flexibility index (Phi) is 4.14. The lowest BCUT2D eigenvalue weighted by Gasteiger charge is -2.29. The van der Waals surface area contributed by atoms with Crippen molar-refractivity contribution in [2.24, 2.45) is 0 Å². The van der Waals surface area contributed by atoms with Crippen molar-refractivity contribution in [3.8, 4) is 0 Å². The number of para-hydroxylation sites is 1. The van der Waals surface area contributed by atoms with E-state index in [0.29, 0.717) is 0 Å². The fourth-order valence-corrected chi connectivity index (χ4v) is 3.58. The Balaban J connectivity index is 1.85. The van der Waals surface area contributed by atoms with Gasteiger partial charge in [0.1, 0.15) is 5.82 Å². The van der Waals surface area contributed by atoms with Gasteiger partial charge in [-0.05, 0) is 31.0 Å². The first-order valence-corrected chi connectivity index (χ1v) is 8.52. The molecule has 2 heterocycles. The molecule has 0 saturated heterocycles. The van der Waals surface area contributed by atoms with Crippen LogP contribution in [0.4, 0.5) is 10.1 Å². The highest BCUT2D eigenvalue weighted by Gasteiger charge is 2.30. The van der Waals surface area contributed by atoms with E-state index in [4.69, 9.17) is 0 Å². The van der Waals surface area contributed by atoms with Crippen molar-refractivity contribution < 1.29 is 9.18 Å². The van der Waals surface area contributed by atoms with E-state index in [1.165, 1.54) is 12.3 Å². The maximum Gasteiger partial charge on any atom is 0.260 e. The standard InChI is InChI=1S/C20H18FN3O/c21-16-11-15(12-22-13-16)20(25)24(17-7-1-2-8-17)18-9-3-5-14-6-4-10-23-19(14)18/h3-6,9-13,17H,1-2,7-8H2. The van der Waals surface area contributed by atoms with E-state index in [-0.39, 0.29) is 17.5 Å². The Bertz CT molecular complexity index is 916. The van der Waals surface area contributed by atoms with Crippen LogP contribution in [0.15, 0.2) is 55.0 Å². The van der Waals surface area contributed by atoms with E-state index in [9.17, 15) is 9.18 Å². The van der Waals surface area contributed by atoms with Crippen LogP contribution in [0.1, 0.15) is 36.0 Å². The maximum absolute atomic E-state index is 13.6. The fraction of sp³-hybridized carbons (Fsp3) is 0.250. The highest BCUT2D eigenvalue weighted by Crippen LogP contribution is 2.33. The molecule has 3 aromatic rings. The molecule has 1 aliphatic carbocycles. The second-order valence-corrected chi connectivity index (χ2v) is 6.36.